The van der Waals surface area contributed by atoms with Gasteiger partial charge in [-0.25, -0.2) is 0 Å². The van der Waals surface area contributed by atoms with Crippen molar-refractivity contribution in [3.8, 4) is 0 Å². The van der Waals surface area contributed by atoms with Crippen molar-refractivity contribution < 1.29 is 15.0 Å². The third-order valence-corrected chi connectivity index (χ3v) is 2.12. The average molecular weight is 173 g/mol. The quantitative estimate of drug-likeness (QED) is 0.626. The summed E-state index contributed by atoms with van der Waals surface area (Å²) in [7, 11) is 0. The molecule has 4 heteroatoms. The molecule has 1 fully saturated rings. The summed E-state index contributed by atoms with van der Waals surface area (Å²) < 4.78 is 0. The first-order valence-corrected chi connectivity index (χ1v) is 4.30. The summed E-state index contributed by atoms with van der Waals surface area (Å²) in [6, 6.07) is 0. The van der Waals surface area contributed by atoms with Gasteiger partial charge in [-0.1, -0.05) is 0 Å². The first kappa shape index (κ1) is 9.48. The van der Waals surface area contributed by atoms with E-state index in [-0.39, 0.29) is 12.5 Å². The smallest absolute Gasteiger partial charge is 0.304 e. The molecule has 0 amide bonds. The summed E-state index contributed by atoms with van der Waals surface area (Å²) in [6.07, 6.45) is 1.74. The van der Waals surface area contributed by atoms with E-state index in [0.717, 1.165) is 19.4 Å². The first-order valence-electron chi connectivity index (χ1n) is 4.30. The highest BCUT2D eigenvalue weighted by molar-refractivity contribution is 5.66. The molecule has 0 aliphatic carbocycles. The van der Waals surface area contributed by atoms with Crippen molar-refractivity contribution >= 4 is 5.97 Å². The molecule has 0 radical (unpaired) electrons. The molecule has 0 unspecified atom stereocenters. The number of hydrogen-bond donors (Lipinski definition) is 2. The van der Waals surface area contributed by atoms with Crippen LogP contribution in [-0.4, -0.2) is 46.8 Å². The molecule has 4 nitrogen and oxygen atoms in total. The molecule has 1 atom stereocenters. The van der Waals surface area contributed by atoms with E-state index in [9.17, 15) is 9.90 Å². The highest BCUT2D eigenvalue weighted by Crippen LogP contribution is 2.09. The fourth-order valence-electron chi connectivity index (χ4n) is 1.49. The number of piperidine rings is 1. The lowest BCUT2D eigenvalue weighted by Gasteiger charge is -2.29. The summed E-state index contributed by atoms with van der Waals surface area (Å²) in [6.45, 7) is 2.12. The van der Waals surface area contributed by atoms with Gasteiger partial charge in [0.1, 0.15) is 0 Å². The van der Waals surface area contributed by atoms with Gasteiger partial charge in [-0.2, -0.15) is 0 Å². The van der Waals surface area contributed by atoms with Gasteiger partial charge in [0, 0.05) is 13.1 Å². The zero-order valence-electron chi connectivity index (χ0n) is 7.07. The Balaban J connectivity index is 2.18. The standard InChI is InChI=1S/C8H15NO3/c10-7-2-1-4-9(6-7)5-3-8(11)12/h7,10H,1-6H2,(H,11,12)/t7-/m0/s1. The molecule has 0 bridgehead atoms. The van der Waals surface area contributed by atoms with E-state index in [0.29, 0.717) is 13.1 Å². The van der Waals surface area contributed by atoms with Crippen LogP contribution in [0.15, 0.2) is 0 Å². The minimum absolute atomic E-state index is 0.173. The SMILES string of the molecule is O=C(O)CCN1CCC[C@H](O)C1. The Morgan fingerprint density at radius 1 is 1.58 bits per heavy atom. The minimum Gasteiger partial charge on any atom is -0.481 e. The highest BCUT2D eigenvalue weighted by atomic mass is 16.4. The van der Waals surface area contributed by atoms with Gasteiger partial charge >= 0.3 is 5.97 Å². The van der Waals surface area contributed by atoms with Crippen molar-refractivity contribution in [1.82, 2.24) is 4.90 Å². The molecule has 0 spiro atoms. The van der Waals surface area contributed by atoms with E-state index in [1.807, 2.05) is 4.90 Å². The van der Waals surface area contributed by atoms with Gasteiger partial charge in [-0.05, 0) is 19.4 Å². The second kappa shape index (κ2) is 4.42. The predicted molar refractivity (Wildman–Crippen MR) is 43.9 cm³/mol. The van der Waals surface area contributed by atoms with Crippen LogP contribution in [0.2, 0.25) is 0 Å². The highest BCUT2D eigenvalue weighted by Gasteiger charge is 2.17. The van der Waals surface area contributed by atoms with Gasteiger partial charge in [0.25, 0.3) is 0 Å². The number of carboxylic acid groups (broad SMARTS) is 1. The van der Waals surface area contributed by atoms with Crippen LogP contribution < -0.4 is 0 Å². The van der Waals surface area contributed by atoms with Crippen LogP contribution >= 0.6 is 0 Å². The van der Waals surface area contributed by atoms with Gasteiger partial charge in [-0.3, -0.25) is 4.79 Å². The number of carboxylic acids is 1. The molecule has 0 saturated carbocycles. The maximum Gasteiger partial charge on any atom is 0.304 e. The molecule has 0 aromatic rings. The number of β-amino-alcohol motifs (C(OH)–C–C–N with tert-alkyl or cyclic N) is 1. The molecule has 1 aliphatic heterocycles. The van der Waals surface area contributed by atoms with E-state index >= 15 is 0 Å². The molecule has 12 heavy (non-hydrogen) atoms. The molecule has 1 aliphatic rings. The summed E-state index contributed by atoms with van der Waals surface area (Å²) >= 11 is 0. The molecule has 2 N–H and O–H groups in total. The van der Waals surface area contributed by atoms with Crippen molar-refractivity contribution in [3.63, 3.8) is 0 Å². The van der Waals surface area contributed by atoms with Crippen LogP contribution in [-0.2, 0) is 4.79 Å². The van der Waals surface area contributed by atoms with Crippen molar-refractivity contribution in [2.24, 2.45) is 0 Å². The normalized spacial score (nSPS) is 25.6. The van der Waals surface area contributed by atoms with Crippen LogP contribution in [0, 0.1) is 0 Å². The average Bonchev–Trinajstić information content (AvgIpc) is 2.01. The first-order chi connectivity index (χ1) is 5.68. The van der Waals surface area contributed by atoms with Crippen molar-refractivity contribution in [2.45, 2.75) is 25.4 Å². The topological polar surface area (TPSA) is 60.8 Å². The number of carbonyl (C=O) groups is 1. The predicted octanol–water partition coefficient (Wildman–Crippen LogP) is -0.0822. The molecule has 1 rings (SSSR count). The third-order valence-electron chi connectivity index (χ3n) is 2.12. The van der Waals surface area contributed by atoms with E-state index < -0.39 is 5.97 Å². The number of nitrogens with zero attached hydrogens (tertiary/aromatic N) is 1. The number of aliphatic hydroxyl groups excluding tert-OH is 1. The van der Waals surface area contributed by atoms with Gasteiger partial charge in [-0.15, -0.1) is 0 Å². The van der Waals surface area contributed by atoms with E-state index in [4.69, 9.17) is 5.11 Å². The number of aliphatic carboxylic acids is 1. The van der Waals surface area contributed by atoms with Gasteiger partial charge in [0.05, 0.1) is 12.5 Å². The summed E-state index contributed by atoms with van der Waals surface area (Å²) in [4.78, 5) is 12.2. The van der Waals surface area contributed by atoms with Gasteiger partial charge in [0.2, 0.25) is 0 Å². The fraction of sp³-hybridized carbons (Fsp3) is 0.875. The van der Waals surface area contributed by atoms with Crippen LogP contribution in [0.5, 0.6) is 0 Å². The van der Waals surface area contributed by atoms with Crippen molar-refractivity contribution in [2.75, 3.05) is 19.6 Å². The Morgan fingerprint density at radius 3 is 2.92 bits per heavy atom. The maximum atomic E-state index is 10.2. The molecule has 0 aromatic heterocycles. The summed E-state index contributed by atoms with van der Waals surface area (Å²) in [5.41, 5.74) is 0. The second-order valence-corrected chi connectivity index (χ2v) is 3.24. The van der Waals surface area contributed by atoms with E-state index in [1.165, 1.54) is 0 Å². The van der Waals surface area contributed by atoms with Crippen LogP contribution in [0.25, 0.3) is 0 Å². The number of hydrogen-bond acceptors (Lipinski definition) is 3. The summed E-state index contributed by atoms with van der Waals surface area (Å²) in [5, 5.41) is 17.7. The largest absolute Gasteiger partial charge is 0.481 e. The Bertz CT molecular complexity index is 160. The van der Waals surface area contributed by atoms with Crippen LogP contribution in [0.1, 0.15) is 19.3 Å². The lowest BCUT2D eigenvalue weighted by molar-refractivity contribution is -0.137. The molecule has 1 saturated heterocycles. The summed E-state index contributed by atoms with van der Waals surface area (Å²) in [5.74, 6) is -0.768. The number of rotatable bonds is 3. The van der Waals surface area contributed by atoms with Crippen molar-refractivity contribution in [1.29, 1.82) is 0 Å². The number of aliphatic hydroxyl groups is 1. The Kier molecular flexibility index (Phi) is 3.49. The number of likely N-dealkylation sites (tertiary alicyclic amines) is 1. The van der Waals surface area contributed by atoms with Gasteiger partial charge in [0.15, 0.2) is 0 Å². The molecule has 70 valence electrons. The van der Waals surface area contributed by atoms with E-state index in [2.05, 4.69) is 0 Å². The molecular weight excluding hydrogens is 158 g/mol. The second-order valence-electron chi connectivity index (χ2n) is 3.24. The lowest BCUT2D eigenvalue weighted by Crippen LogP contribution is -2.39. The van der Waals surface area contributed by atoms with Crippen molar-refractivity contribution in [3.05, 3.63) is 0 Å². The fourth-order valence-corrected chi connectivity index (χ4v) is 1.49. The van der Waals surface area contributed by atoms with Gasteiger partial charge < -0.3 is 15.1 Å². The Labute approximate surface area is 71.8 Å². The monoisotopic (exact) mass is 173 g/mol. The lowest BCUT2D eigenvalue weighted by atomic mass is 10.1. The Morgan fingerprint density at radius 2 is 2.33 bits per heavy atom. The zero-order valence-corrected chi connectivity index (χ0v) is 7.07. The Hall–Kier alpha value is -0.610. The minimum atomic E-state index is -0.768. The molecule has 1 heterocycles. The van der Waals surface area contributed by atoms with Crippen LogP contribution in [0.4, 0.5) is 0 Å². The zero-order chi connectivity index (χ0) is 8.97. The van der Waals surface area contributed by atoms with Crippen LogP contribution in [0.3, 0.4) is 0 Å². The molecular formula is C8H15NO3. The maximum absolute atomic E-state index is 10.2. The molecule has 0 aromatic carbocycles. The van der Waals surface area contributed by atoms with E-state index in [1.54, 1.807) is 0 Å². The third kappa shape index (κ3) is 3.19.